The van der Waals surface area contributed by atoms with E-state index in [9.17, 15) is 4.79 Å². The van der Waals surface area contributed by atoms with E-state index >= 15 is 0 Å². The van der Waals surface area contributed by atoms with Crippen LogP contribution in [0.4, 0.5) is 0 Å². The number of likely N-dealkylation sites (tertiary alicyclic amines) is 1. The van der Waals surface area contributed by atoms with Crippen molar-refractivity contribution in [3.63, 3.8) is 0 Å². The topological polar surface area (TPSA) is 20.3 Å². The fourth-order valence-corrected chi connectivity index (χ4v) is 2.33. The number of carbonyl (C=O) groups is 1. The van der Waals surface area contributed by atoms with Crippen molar-refractivity contribution in [3.8, 4) is 0 Å². The number of hydrogen-bond donors (Lipinski definition) is 0. The third-order valence-electron chi connectivity index (χ3n) is 3.68. The molecule has 1 atom stereocenters. The van der Waals surface area contributed by atoms with Gasteiger partial charge in [-0.05, 0) is 29.9 Å². The molecule has 2 heteroatoms. The number of amides is 1. The maximum absolute atomic E-state index is 11.6. The molecule has 0 saturated carbocycles. The molecule has 1 aliphatic rings. The van der Waals surface area contributed by atoms with Crippen molar-refractivity contribution in [3.05, 3.63) is 35.4 Å². The average Bonchev–Trinajstić information content (AvgIpc) is 2.74. The molecule has 1 fully saturated rings. The summed E-state index contributed by atoms with van der Waals surface area (Å²) < 4.78 is 0. The second-order valence-corrected chi connectivity index (χ2v) is 4.97. The Morgan fingerprint density at radius 2 is 2.24 bits per heavy atom. The smallest absolute Gasteiger partial charge is 0.222 e. The van der Waals surface area contributed by atoms with Gasteiger partial charge >= 0.3 is 0 Å². The molecular formula is C15H21NO. The highest BCUT2D eigenvalue weighted by molar-refractivity contribution is 5.78. The van der Waals surface area contributed by atoms with Crippen molar-refractivity contribution in [2.24, 2.45) is 0 Å². The molecule has 0 aliphatic carbocycles. The first-order chi connectivity index (χ1) is 8.20. The van der Waals surface area contributed by atoms with Crippen molar-refractivity contribution in [2.75, 3.05) is 6.54 Å². The molecular weight excluding hydrogens is 210 g/mol. The minimum atomic E-state index is 0.305. The summed E-state index contributed by atoms with van der Waals surface area (Å²) in [6.45, 7) is 6.16. The maximum atomic E-state index is 11.6. The average molecular weight is 231 g/mol. The van der Waals surface area contributed by atoms with Gasteiger partial charge in [0.2, 0.25) is 5.91 Å². The predicted octanol–water partition coefficient (Wildman–Crippen LogP) is 3.32. The van der Waals surface area contributed by atoms with Gasteiger partial charge < -0.3 is 4.90 Å². The lowest BCUT2D eigenvalue weighted by atomic mass is 9.97. The third-order valence-corrected chi connectivity index (χ3v) is 3.68. The molecule has 0 spiro atoms. The molecule has 1 heterocycles. The summed E-state index contributed by atoms with van der Waals surface area (Å²) in [5.41, 5.74) is 2.65. The van der Waals surface area contributed by atoms with Gasteiger partial charge in [-0.2, -0.15) is 0 Å². The Morgan fingerprint density at radius 3 is 2.88 bits per heavy atom. The van der Waals surface area contributed by atoms with Crippen molar-refractivity contribution in [1.82, 2.24) is 4.90 Å². The van der Waals surface area contributed by atoms with Crippen LogP contribution in [0.1, 0.15) is 50.2 Å². The Kier molecular flexibility index (Phi) is 3.82. The highest BCUT2D eigenvalue weighted by atomic mass is 16.2. The van der Waals surface area contributed by atoms with Crippen LogP contribution < -0.4 is 0 Å². The number of benzene rings is 1. The SMILES string of the molecule is CCC(C)c1cccc(CN2CCCC2=O)c1. The highest BCUT2D eigenvalue weighted by Gasteiger charge is 2.20. The summed E-state index contributed by atoms with van der Waals surface area (Å²) in [4.78, 5) is 13.5. The Balaban J connectivity index is 2.08. The van der Waals surface area contributed by atoms with E-state index in [2.05, 4.69) is 38.1 Å². The molecule has 2 nitrogen and oxygen atoms in total. The van der Waals surface area contributed by atoms with Crippen LogP contribution in [0.25, 0.3) is 0 Å². The van der Waals surface area contributed by atoms with Crippen LogP contribution in [0.3, 0.4) is 0 Å². The normalized spacial score (nSPS) is 17.5. The van der Waals surface area contributed by atoms with Gasteiger partial charge in [0.1, 0.15) is 0 Å². The second-order valence-electron chi connectivity index (χ2n) is 4.97. The van der Waals surface area contributed by atoms with Gasteiger partial charge in [0.15, 0.2) is 0 Å². The summed E-state index contributed by atoms with van der Waals surface area (Å²) >= 11 is 0. The Hall–Kier alpha value is -1.31. The number of rotatable bonds is 4. The standard InChI is InChI=1S/C15H21NO/c1-3-12(2)14-7-4-6-13(10-14)11-16-9-5-8-15(16)17/h4,6-7,10,12H,3,5,8-9,11H2,1-2H3. The van der Waals surface area contributed by atoms with Gasteiger partial charge in [-0.15, -0.1) is 0 Å². The molecule has 2 rings (SSSR count). The number of nitrogens with zero attached hydrogens (tertiary/aromatic N) is 1. The monoisotopic (exact) mass is 231 g/mol. The molecule has 1 aliphatic heterocycles. The van der Waals surface area contributed by atoms with Crippen LogP contribution >= 0.6 is 0 Å². The van der Waals surface area contributed by atoms with E-state index in [-0.39, 0.29) is 0 Å². The van der Waals surface area contributed by atoms with E-state index in [0.717, 1.165) is 32.4 Å². The van der Waals surface area contributed by atoms with Crippen LogP contribution in [-0.2, 0) is 11.3 Å². The lowest BCUT2D eigenvalue weighted by Crippen LogP contribution is -2.23. The fraction of sp³-hybridized carbons (Fsp3) is 0.533. The van der Waals surface area contributed by atoms with Crippen LogP contribution in [-0.4, -0.2) is 17.4 Å². The van der Waals surface area contributed by atoms with E-state index < -0.39 is 0 Å². The first-order valence-corrected chi connectivity index (χ1v) is 6.57. The zero-order valence-electron chi connectivity index (χ0n) is 10.8. The lowest BCUT2D eigenvalue weighted by Gasteiger charge is -2.17. The molecule has 1 amide bonds. The highest BCUT2D eigenvalue weighted by Crippen LogP contribution is 2.21. The van der Waals surface area contributed by atoms with E-state index in [1.165, 1.54) is 11.1 Å². The van der Waals surface area contributed by atoms with E-state index in [0.29, 0.717) is 11.8 Å². The Labute approximate surface area is 104 Å². The maximum Gasteiger partial charge on any atom is 0.222 e. The van der Waals surface area contributed by atoms with Crippen LogP contribution in [0.5, 0.6) is 0 Å². The van der Waals surface area contributed by atoms with Gasteiger partial charge in [-0.25, -0.2) is 0 Å². The summed E-state index contributed by atoms with van der Waals surface area (Å²) in [5.74, 6) is 0.906. The second kappa shape index (κ2) is 5.35. The summed E-state index contributed by atoms with van der Waals surface area (Å²) in [7, 11) is 0. The molecule has 0 aromatic heterocycles. The molecule has 1 unspecified atom stereocenters. The summed E-state index contributed by atoms with van der Waals surface area (Å²) in [5, 5.41) is 0. The Bertz CT molecular complexity index is 400. The predicted molar refractivity (Wildman–Crippen MR) is 69.8 cm³/mol. The van der Waals surface area contributed by atoms with Crippen molar-refractivity contribution in [1.29, 1.82) is 0 Å². The van der Waals surface area contributed by atoms with Crippen LogP contribution in [0.15, 0.2) is 24.3 Å². The summed E-state index contributed by atoms with van der Waals surface area (Å²) in [6, 6.07) is 8.66. The van der Waals surface area contributed by atoms with Gasteiger partial charge in [-0.3, -0.25) is 4.79 Å². The number of hydrogen-bond acceptors (Lipinski definition) is 1. The van der Waals surface area contributed by atoms with Crippen molar-refractivity contribution < 1.29 is 4.79 Å². The molecule has 0 bridgehead atoms. The zero-order valence-corrected chi connectivity index (χ0v) is 10.8. The van der Waals surface area contributed by atoms with Gasteiger partial charge in [0, 0.05) is 19.5 Å². The zero-order chi connectivity index (χ0) is 12.3. The van der Waals surface area contributed by atoms with Gasteiger partial charge in [0.25, 0.3) is 0 Å². The van der Waals surface area contributed by atoms with Gasteiger partial charge in [-0.1, -0.05) is 38.1 Å². The molecule has 1 aromatic rings. The van der Waals surface area contributed by atoms with Crippen molar-refractivity contribution >= 4 is 5.91 Å². The third kappa shape index (κ3) is 2.87. The minimum Gasteiger partial charge on any atom is -0.338 e. The molecule has 0 N–H and O–H groups in total. The van der Waals surface area contributed by atoms with Crippen LogP contribution in [0.2, 0.25) is 0 Å². The lowest BCUT2D eigenvalue weighted by molar-refractivity contribution is -0.128. The van der Waals surface area contributed by atoms with Crippen molar-refractivity contribution in [2.45, 2.75) is 45.6 Å². The molecule has 0 radical (unpaired) electrons. The van der Waals surface area contributed by atoms with E-state index in [4.69, 9.17) is 0 Å². The molecule has 92 valence electrons. The largest absolute Gasteiger partial charge is 0.338 e. The van der Waals surface area contributed by atoms with Gasteiger partial charge in [0.05, 0.1) is 0 Å². The minimum absolute atomic E-state index is 0.305. The molecule has 1 aromatic carbocycles. The first-order valence-electron chi connectivity index (χ1n) is 6.57. The van der Waals surface area contributed by atoms with E-state index in [1.54, 1.807) is 0 Å². The fourth-order valence-electron chi connectivity index (χ4n) is 2.33. The Morgan fingerprint density at radius 1 is 1.41 bits per heavy atom. The van der Waals surface area contributed by atoms with E-state index in [1.807, 2.05) is 4.90 Å². The number of carbonyl (C=O) groups excluding carboxylic acids is 1. The molecule has 17 heavy (non-hydrogen) atoms. The first kappa shape index (κ1) is 12.2. The summed E-state index contributed by atoms with van der Waals surface area (Å²) in [6.07, 6.45) is 2.90. The quantitative estimate of drug-likeness (QED) is 0.778. The van der Waals surface area contributed by atoms with Crippen LogP contribution in [0, 0.1) is 0 Å². The molecule has 1 saturated heterocycles.